The number of rotatable bonds is 16. The molecule has 1 aliphatic rings. The zero-order chi connectivity index (χ0) is 31.8. The molecule has 1 aliphatic heterocycles. The highest BCUT2D eigenvalue weighted by Gasteiger charge is 2.58. The summed E-state index contributed by atoms with van der Waals surface area (Å²) in [6.07, 6.45) is -0.997. The Balaban J connectivity index is 1.78. The molecule has 0 spiro atoms. The van der Waals surface area contributed by atoms with E-state index in [0.717, 1.165) is 19.2 Å². The largest absolute Gasteiger partial charge is 0.465 e. The van der Waals surface area contributed by atoms with Gasteiger partial charge in [-0.25, -0.2) is 19.2 Å². The number of carbonyl (C=O) groups is 2. The predicted octanol–water partition coefficient (Wildman–Crippen LogP) is 1.55. The average molecular weight is 627 g/mol. The average Bonchev–Trinajstić information content (AvgIpc) is 3.52. The molecule has 0 bridgehead atoms. The first-order valence-electron chi connectivity index (χ1n) is 14.0. The summed E-state index contributed by atoms with van der Waals surface area (Å²) in [6, 6.07) is 3.68. The number of anilines is 1. The number of fused-ring (bicyclic) bond motifs is 1. The standard InChI is InChI=1S/C26H39N6O10P/c1-5-8-17(9-6-2)25(36)39-15-41-43(37,31-16(4)24(35)38-7-3)40-12-19-21(33)22(34)26(13-27,42-19)20-11-10-18-23(28)29-14-30-32(18)20/h10-11,14,16-17,19,21-22,33-34H,5-9,12,15H2,1-4H3,(H,31,37)(H2,28,29,30)/t16-,19+,21+,22+,26-,43?/m0/s1. The van der Waals surface area contributed by atoms with E-state index in [1.807, 2.05) is 19.9 Å². The molecule has 0 aliphatic carbocycles. The summed E-state index contributed by atoms with van der Waals surface area (Å²) in [5.74, 6) is -1.54. The van der Waals surface area contributed by atoms with Gasteiger partial charge in [-0.2, -0.15) is 10.4 Å². The van der Waals surface area contributed by atoms with E-state index in [1.54, 1.807) is 6.92 Å². The minimum Gasteiger partial charge on any atom is -0.465 e. The molecule has 43 heavy (non-hydrogen) atoms. The summed E-state index contributed by atoms with van der Waals surface area (Å²) < 4.78 is 41.7. The molecule has 2 aromatic rings. The van der Waals surface area contributed by atoms with Crippen LogP contribution in [0.5, 0.6) is 0 Å². The van der Waals surface area contributed by atoms with Gasteiger partial charge in [-0.3, -0.25) is 18.6 Å². The number of aliphatic hydroxyl groups excluding tert-OH is 2. The molecule has 16 nitrogen and oxygen atoms in total. The number of aliphatic hydroxyl groups is 2. The van der Waals surface area contributed by atoms with Crippen molar-refractivity contribution < 1.29 is 47.6 Å². The number of nitrogens with one attached hydrogen (secondary N) is 1. The molecule has 0 radical (unpaired) electrons. The molecule has 238 valence electrons. The van der Waals surface area contributed by atoms with Crippen molar-refractivity contribution in [3.63, 3.8) is 0 Å². The summed E-state index contributed by atoms with van der Waals surface area (Å²) in [5, 5.41) is 38.4. The SMILES string of the molecule is CCCC(CCC)C(=O)OCOP(=O)(N[C@@H](C)C(=O)OCC)OC[C@H]1O[C@@](C#N)(c2ccc3c(N)ncnn23)[C@H](O)[C@@H]1O. The van der Waals surface area contributed by atoms with Gasteiger partial charge in [0.15, 0.2) is 5.82 Å². The molecule has 3 rings (SSSR count). The summed E-state index contributed by atoms with van der Waals surface area (Å²) in [6.45, 7) is 5.46. The van der Waals surface area contributed by atoms with Gasteiger partial charge in [-0.1, -0.05) is 26.7 Å². The summed E-state index contributed by atoms with van der Waals surface area (Å²) in [5.41, 5.74) is 4.15. The molecular formula is C26H39N6O10P. The number of hydrogen-bond acceptors (Lipinski definition) is 14. The van der Waals surface area contributed by atoms with Crippen molar-refractivity contribution in [3.05, 3.63) is 24.2 Å². The van der Waals surface area contributed by atoms with Crippen molar-refractivity contribution in [1.29, 1.82) is 5.26 Å². The van der Waals surface area contributed by atoms with Crippen molar-refractivity contribution in [2.75, 3.05) is 25.7 Å². The lowest BCUT2D eigenvalue weighted by atomic mass is 9.92. The fourth-order valence-corrected chi connectivity index (χ4v) is 6.08. The Labute approximate surface area is 249 Å². The van der Waals surface area contributed by atoms with Crippen LogP contribution in [0.1, 0.15) is 59.1 Å². The van der Waals surface area contributed by atoms with E-state index in [9.17, 15) is 29.6 Å². The van der Waals surface area contributed by atoms with E-state index < -0.39 is 63.0 Å². The number of hydrogen-bond donors (Lipinski definition) is 4. The monoisotopic (exact) mass is 626 g/mol. The Bertz CT molecular complexity index is 1350. The summed E-state index contributed by atoms with van der Waals surface area (Å²) in [7, 11) is -4.45. The fraction of sp³-hybridized carbons (Fsp3) is 0.654. The van der Waals surface area contributed by atoms with E-state index in [-0.39, 0.29) is 24.0 Å². The highest BCUT2D eigenvalue weighted by Crippen LogP contribution is 2.47. The van der Waals surface area contributed by atoms with Crippen LogP contribution in [0.15, 0.2) is 18.5 Å². The lowest BCUT2D eigenvalue weighted by Gasteiger charge is -2.25. The van der Waals surface area contributed by atoms with E-state index >= 15 is 0 Å². The Morgan fingerprint density at radius 3 is 2.53 bits per heavy atom. The summed E-state index contributed by atoms with van der Waals surface area (Å²) >= 11 is 0. The third kappa shape index (κ3) is 7.68. The predicted molar refractivity (Wildman–Crippen MR) is 150 cm³/mol. The van der Waals surface area contributed by atoms with Gasteiger partial charge in [0.05, 0.1) is 24.8 Å². The third-order valence-electron chi connectivity index (χ3n) is 6.92. The Kier molecular flexibility index (Phi) is 12.0. The molecule has 5 N–H and O–H groups in total. The van der Waals surface area contributed by atoms with Crippen LogP contribution in [0.4, 0.5) is 5.82 Å². The number of nitrogens with two attached hydrogens (primary N) is 1. The van der Waals surface area contributed by atoms with Gasteiger partial charge < -0.3 is 30.2 Å². The molecule has 2 aromatic heterocycles. The van der Waals surface area contributed by atoms with Crippen molar-refractivity contribution in [2.45, 2.75) is 83.3 Å². The van der Waals surface area contributed by atoms with Crippen molar-refractivity contribution in [2.24, 2.45) is 5.92 Å². The maximum Gasteiger partial charge on any atom is 0.409 e. The van der Waals surface area contributed by atoms with E-state index in [0.29, 0.717) is 18.4 Å². The van der Waals surface area contributed by atoms with Gasteiger partial charge >= 0.3 is 19.7 Å². The Morgan fingerprint density at radius 2 is 1.91 bits per heavy atom. The molecule has 1 saturated heterocycles. The lowest BCUT2D eigenvalue weighted by Crippen LogP contribution is -2.41. The van der Waals surface area contributed by atoms with Crippen LogP contribution >= 0.6 is 7.75 Å². The second-order valence-corrected chi connectivity index (χ2v) is 11.8. The molecular weight excluding hydrogens is 587 g/mol. The maximum absolute atomic E-state index is 13.7. The normalized spacial score (nSPS) is 24.0. The number of nitrogens with zero attached hydrogens (tertiary/aromatic N) is 4. The van der Waals surface area contributed by atoms with E-state index in [2.05, 4.69) is 15.2 Å². The van der Waals surface area contributed by atoms with Crippen LogP contribution in [-0.2, 0) is 43.0 Å². The minimum atomic E-state index is -4.45. The Morgan fingerprint density at radius 1 is 1.21 bits per heavy atom. The van der Waals surface area contributed by atoms with Gasteiger partial charge in [0.25, 0.3) is 0 Å². The summed E-state index contributed by atoms with van der Waals surface area (Å²) in [4.78, 5) is 28.7. The van der Waals surface area contributed by atoms with Crippen LogP contribution in [0.2, 0.25) is 0 Å². The number of esters is 2. The first-order valence-corrected chi connectivity index (χ1v) is 15.5. The highest BCUT2D eigenvalue weighted by molar-refractivity contribution is 7.51. The molecule has 6 atom stereocenters. The van der Waals surface area contributed by atoms with Crippen molar-refractivity contribution in [1.82, 2.24) is 19.7 Å². The van der Waals surface area contributed by atoms with Crippen LogP contribution in [-0.4, -0.2) is 81.1 Å². The number of carbonyl (C=O) groups excluding carboxylic acids is 2. The lowest BCUT2D eigenvalue weighted by molar-refractivity contribution is -0.156. The third-order valence-corrected chi connectivity index (χ3v) is 8.56. The van der Waals surface area contributed by atoms with E-state index in [1.165, 1.54) is 23.6 Å². The molecule has 3 heterocycles. The molecule has 0 saturated carbocycles. The smallest absolute Gasteiger partial charge is 0.409 e. The van der Waals surface area contributed by atoms with Gasteiger partial charge in [-0.15, -0.1) is 0 Å². The zero-order valence-corrected chi connectivity index (χ0v) is 25.4. The van der Waals surface area contributed by atoms with Gasteiger partial charge in [0, 0.05) is 0 Å². The second-order valence-electron chi connectivity index (χ2n) is 9.98. The van der Waals surface area contributed by atoms with Gasteiger partial charge in [-0.05, 0) is 38.8 Å². The number of nitriles is 1. The molecule has 17 heteroatoms. The first kappa shape index (κ1) is 34.3. The van der Waals surface area contributed by atoms with Crippen LogP contribution in [0.3, 0.4) is 0 Å². The van der Waals surface area contributed by atoms with E-state index in [4.69, 9.17) is 29.0 Å². The van der Waals surface area contributed by atoms with Crippen LogP contribution in [0.25, 0.3) is 5.52 Å². The molecule has 1 fully saturated rings. The maximum atomic E-state index is 13.7. The number of aromatic nitrogens is 3. The quantitative estimate of drug-likeness (QED) is 0.118. The topological polar surface area (TPSA) is 230 Å². The Hall–Kier alpha value is -3.16. The molecule has 1 unspecified atom stereocenters. The number of nitrogen functional groups attached to an aromatic ring is 1. The number of ether oxygens (including phenoxy) is 3. The van der Waals surface area contributed by atoms with Crippen molar-refractivity contribution in [3.8, 4) is 6.07 Å². The zero-order valence-electron chi connectivity index (χ0n) is 24.5. The van der Waals surface area contributed by atoms with Crippen molar-refractivity contribution >= 4 is 31.0 Å². The van der Waals surface area contributed by atoms with Crippen LogP contribution in [0, 0.1) is 17.2 Å². The van der Waals surface area contributed by atoms with Gasteiger partial charge in [0.1, 0.15) is 42.3 Å². The highest BCUT2D eigenvalue weighted by atomic mass is 31.2. The fourth-order valence-electron chi connectivity index (χ4n) is 4.74. The minimum absolute atomic E-state index is 0.0577. The van der Waals surface area contributed by atoms with Gasteiger partial charge in [0.2, 0.25) is 12.4 Å². The molecule has 0 amide bonds. The first-order chi connectivity index (χ1) is 20.5. The molecule has 0 aromatic carbocycles. The van der Waals surface area contributed by atoms with Crippen LogP contribution < -0.4 is 10.8 Å². The second kappa shape index (κ2) is 15.0.